The quantitative estimate of drug-likeness (QED) is 0.572. The van der Waals surface area contributed by atoms with Crippen LogP contribution in [0.1, 0.15) is 31.7 Å². The molecule has 1 saturated carbocycles. The molecule has 4 nitrogen and oxygen atoms in total. The Morgan fingerprint density at radius 3 is 2.81 bits per heavy atom. The molecule has 1 aromatic carbocycles. The van der Waals surface area contributed by atoms with Gasteiger partial charge in [-0.05, 0) is 62.3 Å². The minimum Gasteiger partial charge on any atom is -0.496 e. The van der Waals surface area contributed by atoms with Crippen LogP contribution in [0.25, 0.3) is 0 Å². The third-order valence-electron chi connectivity index (χ3n) is 4.16. The molecular weight excluding hydrogens is 288 g/mol. The first kappa shape index (κ1) is 16.6. The maximum atomic E-state index is 6.07. The van der Waals surface area contributed by atoms with E-state index < -0.39 is 0 Å². The van der Waals surface area contributed by atoms with Crippen molar-refractivity contribution in [1.82, 2.24) is 5.43 Å². The average Bonchev–Trinajstić information content (AvgIpc) is 2.44. The Bertz CT molecular complexity index is 450. The van der Waals surface area contributed by atoms with E-state index in [1.807, 2.05) is 25.1 Å². The monoisotopic (exact) mass is 312 g/mol. The Balaban J connectivity index is 1.89. The minimum atomic E-state index is 0.227. The second kappa shape index (κ2) is 7.99. The van der Waals surface area contributed by atoms with Crippen molar-refractivity contribution in [3.05, 3.63) is 28.8 Å². The number of hydrogen-bond donors (Lipinski definition) is 2. The van der Waals surface area contributed by atoms with Gasteiger partial charge >= 0.3 is 0 Å². The van der Waals surface area contributed by atoms with Crippen LogP contribution in [0.5, 0.6) is 5.75 Å². The Labute approximate surface area is 131 Å². The van der Waals surface area contributed by atoms with Gasteiger partial charge in [0.25, 0.3) is 0 Å². The normalized spacial score (nSPS) is 22.7. The van der Waals surface area contributed by atoms with Gasteiger partial charge in [0, 0.05) is 17.7 Å². The summed E-state index contributed by atoms with van der Waals surface area (Å²) >= 11 is 6.07. The highest BCUT2D eigenvalue weighted by atomic mass is 35.5. The molecule has 3 N–H and O–H groups in total. The molecule has 1 aliphatic rings. The SMILES string of the molecule is CCOC1CC(CC(Cc2cc(Cl)ccc2OC)NN)C1. The number of rotatable bonds is 8. The van der Waals surface area contributed by atoms with Crippen LogP contribution in [0.15, 0.2) is 18.2 Å². The van der Waals surface area contributed by atoms with Crippen LogP contribution in [0.4, 0.5) is 0 Å². The van der Waals surface area contributed by atoms with Gasteiger partial charge in [-0.3, -0.25) is 11.3 Å². The molecule has 0 spiro atoms. The molecule has 5 heteroatoms. The lowest BCUT2D eigenvalue weighted by atomic mass is 9.77. The average molecular weight is 313 g/mol. The van der Waals surface area contributed by atoms with Crippen molar-refractivity contribution in [2.75, 3.05) is 13.7 Å². The fraction of sp³-hybridized carbons (Fsp3) is 0.625. The molecule has 0 amide bonds. The molecule has 118 valence electrons. The number of hydrogen-bond acceptors (Lipinski definition) is 4. The predicted molar refractivity (Wildman–Crippen MR) is 85.6 cm³/mol. The van der Waals surface area contributed by atoms with Gasteiger partial charge in [0.2, 0.25) is 0 Å². The highest BCUT2D eigenvalue weighted by Crippen LogP contribution is 2.34. The predicted octanol–water partition coefficient (Wildman–Crippen LogP) is 2.93. The summed E-state index contributed by atoms with van der Waals surface area (Å²) in [6.07, 6.45) is 4.59. The summed E-state index contributed by atoms with van der Waals surface area (Å²) in [7, 11) is 1.68. The van der Waals surface area contributed by atoms with Crippen molar-refractivity contribution >= 4 is 11.6 Å². The first-order valence-corrected chi connectivity index (χ1v) is 7.94. The largest absolute Gasteiger partial charge is 0.496 e. The maximum absolute atomic E-state index is 6.07. The molecule has 1 aliphatic carbocycles. The minimum absolute atomic E-state index is 0.227. The summed E-state index contributed by atoms with van der Waals surface area (Å²) in [5, 5.41) is 0.724. The zero-order chi connectivity index (χ0) is 15.2. The molecule has 0 aromatic heterocycles. The van der Waals surface area contributed by atoms with Gasteiger partial charge in [-0.25, -0.2) is 0 Å². The smallest absolute Gasteiger partial charge is 0.122 e. The third kappa shape index (κ3) is 4.58. The number of hydrazine groups is 1. The molecule has 0 saturated heterocycles. The van der Waals surface area contributed by atoms with Crippen LogP contribution in [0.3, 0.4) is 0 Å². The molecule has 0 radical (unpaired) electrons. The number of nitrogens with two attached hydrogens (primary N) is 1. The van der Waals surface area contributed by atoms with Crippen LogP contribution < -0.4 is 16.0 Å². The molecular formula is C16H25ClN2O2. The molecule has 0 heterocycles. The van der Waals surface area contributed by atoms with E-state index in [2.05, 4.69) is 5.43 Å². The number of nitrogens with one attached hydrogen (secondary N) is 1. The Morgan fingerprint density at radius 2 is 2.19 bits per heavy atom. The Kier molecular flexibility index (Phi) is 6.30. The van der Waals surface area contributed by atoms with Crippen LogP contribution in [-0.2, 0) is 11.2 Å². The fourth-order valence-electron chi connectivity index (χ4n) is 3.02. The second-order valence-corrected chi connectivity index (χ2v) is 6.11. The number of halogens is 1. The van der Waals surface area contributed by atoms with Gasteiger partial charge in [-0.2, -0.15) is 0 Å². The van der Waals surface area contributed by atoms with Gasteiger partial charge in [0.15, 0.2) is 0 Å². The van der Waals surface area contributed by atoms with Crippen LogP contribution in [0.2, 0.25) is 5.02 Å². The number of benzene rings is 1. The van der Waals surface area contributed by atoms with Crippen LogP contribution >= 0.6 is 11.6 Å². The van der Waals surface area contributed by atoms with Crippen LogP contribution in [0, 0.1) is 5.92 Å². The summed E-state index contributed by atoms with van der Waals surface area (Å²) in [6.45, 7) is 2.85. The van der Waals surface area contributed by atoms with Crippen molar-refractivity contribution in [2.45, 2.75) is 44.8 Å². The summed E-state index contributed by atoms with van der Waals surface area (Å²) in [5.74, 6) is 7.26. The summed E-state index contributed by atoms with van der Waals surface area (Å²) < 4.78 is 11.0. The Morgan fingerprint density at radius 1 is 1.43 bits per heavy atom. The molecule has 2 rings (SSSR count). The van der Waals surface area contributed by atoms with E-state index in [4.69, 9.17) is 26.9 Å². The van der Waals surface area contributed by atoms with E-state index in [1.54, 1.807) is 7.11 Å². The Hall–Kier alpha value is -0.810. The summed E-state index contributed by atoms with van der Waals surface area (Å²) in [4.78, 5) is 0. The zero-order valence-electron chi connectivity index (χ0n) is 12.8. The van der Waals surface area contributed by atoms with Crippen molar-refractivity contribution in [1.29, 1.82) is 0 Å². The van der Waals surface area contributed by atoms with Gasteiger partial charge in [-0.15, -0.1) is 0 Å². The molecule has 21 heavy (non-hydrogen) atoms. The fourth-order valence-corrected chi connectivity index (χ4v) is 3.22. The van der Waals surface area contributed by atoms with E-state index in [0.717, 1.165) is 48.6 Å². The van der Waals surface area contributed by atoms with Gasteiger partial charge in [-0.1, -0.05) is 11.6 Å². The zero-order valence-corrected chi connectivity index (χ0v) is 13.5. The third-order valence-corrected chi connectivity index (χ3v) is 4.39. The molecule has 1 atom stereocenters. The van der Waals surface area contributed by atoms with Gasteiger partial charge < -0.3 is 9.47 Å². The van der Waals surface area contributed by atoms with Crippen molar-refractivity contribution in [3.63, 3.8) is 0 Å². The van der Waals surface area contributed by atoms with Gasteiger partial charge in [0.05, 0.1) is 13.2 Å². The number of methoxy groups -OCH3 is 1. The lowest BCUT2D eigenvalue weighted by Gasteiger charge is -2.37. The molecule has 1 fully saturated rings. The lowest BCUT2D eigenvalue weighted by molar-refractivity contribution is -0.0290. The van der Waals surface area contributed by atoms with E-state index >= 15 is 0 Å². The second-order valence-electron chi connectivity index (χ2n) is 5.67. The van der Waals surface area contributed by atoms with E-state index in [-0.39, 0.29) is 6.04 Å². The van der Waals surface area contributed by atoms with Crippen molar-refractivity contribution in [2.24, 2.45) is 11.8 Å². The molecule has 0 aliphatic heterocycles. The maximum Gasteiger partial charge on any atom is 0.122 e. The first-order valence-electron chi connectivity index (χ1n) is 7.56. The topological polar surface area (TPSA) is 56.5 Å². The first-order chi connectivity index (χ1) is 10.2. The van der Waals surface area contributed by atoms with E-state index in [1.165, 1.54) is 0 Å². The molecule has 1 unspecified atom stereocenters. The summed E-state index contributed by atoms with van der Waals surface area (Å²) in [6, 6.07) is 5.92. The summed E-state index contributed by atoms with van der Waals surface area (Å²) in [5.41, 5.74) is 4.02. The molecule has 1 aromatic rings. The molecule has 0 bridgehead atoms. The van der Waals surface area contributed by atoms with E-state index in [0.29, 0.717) is 12.0 Å². The van der Waals surface area contributed by atoms with Crippen LogP contribution in [-0.4, -0.2) is 25.9 Å². The lowest BCUT2D eigenvalue weighted by Crippen LogP contribution is -2.42. The standard InChI is InChI=1S/C16H25ClN2O2/c1-3-21-15-7-11(8-15)6-14(19-18)10-12-9-13(17)4-5-16(12)20-2/h4-5,9,11,14-15,19H,3,6-8,10,18H2,1-2H3. The highest BCUT2D eigenvalue weighted by Gasteiger charge is 2.31. The van der Waals surface area contributed by atoms with E-state index in [9.17, 15) is 0 Å². The van der Waals surface area contributed by atoms with Gasteiger partial charge in [0.1, 0.15) is 5.75 Å². The van der Waals surface area contributed by atoms with Crippen molar-refractivity contribution in [3.8, 4) is 5.75 Å². The number of ether oxygens (including phenoxy) is 2. The highest BCUT2D eigenvalue weighted by molar-refractivity contribution is 6.30. The van der Waals surface area contributed by atoms with Crippen molar-refractivity contribution < 1.29 is 9.47 Å².